The maximum Gasteiger partial charge on any atom is 0.307 e. The number of aliphatic carboxylic acids is 1. The SMILES string of the molecule is O=C(O)Cc1ccc(SCCCOc2ccc3c(-c4ccccc4)coc3c2)c(Cl)c1. The van der Waals surface area contributed by atoms with Gasteiger partial charge in [0.2, 0.25) is 0 Å². The van der Waals surface area contributed by atoms with E-state index in [4.69, 9.17) is 25.9 Å². The van der Waals surface area contributed by atoms with E-state index in [9.17, 15) is 4.79 Å². The normalized spacial score (nSPS) is 11.0. The molecule has 0 atom stereocenters. The molecule has 0 unspecified atom stereocenters. The molecular formula is C25H21ClO4S. The summed E-state index contributed by atoms with van der Waals surface area (Å²) in [5.74, 6) is 0.763. The minimum Gasteiger partial charge on any atom is -0.493 e. The second-order valence-corrected chi connectivity index (χ2v) is 8.60. The lowest BCUT2D eigenvalue weighted by molar-refractivity contribution is -0.136. The van der Waals surface area contributed by atoms with Crippen molar-refractivity contribution in [3.05, 3.63) is 83.6 Å². The highest BCUT2D eigenvalue weighted by Gasteiger charge is 2.09. The van der Waals surface area contributed by atoms with Gasteiger partial charge in [-0.15, -0.1) is 11.8 Å². The molecule has 1 heterocycles. The molecule has 158 valence electrons. The smallest absolute Gasteiger partial charge is 0.307 e. The lowest BCUT2D eigenvalue weighted by Gasteiger charge is -2.08. The van der Waals surface area contributed by atoms with Crippen molar-refractivity contribution in [2.24, 2.45) is 0 Å². The fourth-order valence-corrected chi connectivity index (χ4v) is 4.53. The lowest BCUT2D eigenvalue weighted by Crippen LogP contribution is -2.00. The lowest BCUT2D eigenvalue weighted by atomic mass is 10.1. The number of carboxylic acid groups (broad SMARTS) is 1. The van der Waals surface area contributed by atoms with Crippen LogP contribution in [-0.2, 0) is 11.2 Å². The van der Waals surface area contributed by atoms with Crippen molar-refractivity contribution < 1.29 is 19.1 Å². The summed E-state index contributed by atoms with van der Waals surface area (Å²) in [5.41, 5.74) is 3.71. The van der Waals surface area contributed by atoms with Gasteiger partial charge in [-0.3, -0.25) is 4.79 Å². The molecule has 0 aliphatic carbocycles. The molecule has 0 fully saturated rings. The number of hydrogen-bond acceptors (Lipinski definition) is 4. The van der Waals surface area contributed by atoms with Crippen molar-refractivity contribution in [1.82, 2.24) is 0 Å². The number of hydrogen-bond donors (Lipinski definition) is 1. The third-order valence-electron chi connectivity index (χ3n) is 4.80. The second-order valence-electron chi connectivity index (χ2n) is 7.06. The van der Waals surface area contributed by atoms with Crippen LogP contribution in [0.2, 0.25) is 5.02 Å². The van der Waals surface area contributed by atoms with Gasteiger partial charge < -0.3 is 14.3 Å². The number of thioether (sulfide) groups is 1. The van der Waals surface area contributed by atoms with Gasteiger partial charge >= 0.3 is 5.97 Å². The average Bonchev–Trinajstić information content (AvgIpc) is 3.18. The minimum atomic E-state index is -0.863. The van der Waals surface area contributed by atoms with Crippen LogP contribution in [0.25, 0.3) is 22.1 Å². The van der Waals surface area contributed by atoms with E-state index in [1.807, 2.05) is 42.5 Å². The molecule has 0 saturated heterocycles. The third-order valence-corrected chi connectivity index (χ3v) is 6.38. The van der Waals surface area contributed by atoms with Crippen LogP contribution < -0.4 is 4.74 Å². The Balaban J connectivity index is 1.29. The summed E-state index contributed by atoms with van der Waals surface area (Å²) < 4.78 is 11.6. The molecule has 4 aromatic rings. The molecule has 0 amide bonds. The number of rotatable bonds is 9. The summed E-state index contributed by atoms with van der Waals surface area (Å²) in [4.78, 5) is 11.7. The Labute approximate surface area is 189 Å². The Bertz CT molecular complexity index is 1190. The Kier molecular flexibility index (Phi) is 6.85. The fraction of sp³-hybridized carbons (Fsp3) is 0.160. The molecule has 6 heteroatoms. The molecule has 0 bridgehead atoms. The van der Waals surface area contributed by atoms with E-state index >= 15 is 0 Å². The molecule has 0 saturated carbocycles. The second kappa shape index (κ2) is 9.94. The molecule has 1 aromatic heterocycles. The van der Waals surface area contributed by atoms with E-state index in [0.29, 0.717) is 17.2 Å². The molecule has 1 N–H and O–H groups in total. The fourth-order valence-electron chi connectivity index (χ4n) is 3.32. The van der Waals surface area contributed by atoms with Crippen LogP contribution in [0.4, 0.5) is 0 Å². The predicted molar refractivity (Wildman–Crippen MR) is 125 cm³/mol. The minimum absolute atomic E-state index is 0.0225. The molecule has 0 spiro atoms. The van der Waals surface area contributed by atoms with Crippen LogP contribution in [-0.4, -0.2) is 23.4 Å². The predicted octanol–water partition coefficient (Wildman–Crippen LogP) is 6.94. The van der Waals surface area contributed by atoms with E-state index in [1.54, 1.807) is 30.2 Å². The van der Waals surface area contributed by atoms with Crippen LogP contribution in [0.1, 0.15) is 12.0 Å². The zero-order chi connectivity index (χ0) is 21.6. The van der Waals surface area contributed by atoms with E-state index in [2.05, 4.69) is 12.1 Å². The first-order valence-corrected chi connectivity index (χ1v) is 11.3. The zero-order valence-electron chi connectivity index (χ0n) is 16.7. The number of fused-ring (bicyclic) bond motifs is 1. The third kappa shape index (κ3) is 5.43. The maximum atomic E-state index is 10.8. The highest BCUT2D eigenvalue weighted by molar-refractivity contribution is 7.99. The summed E-state index contributed by atoms with van der Waals surface area (Å²) in [5, 5.41) is 10.5. The number of ether oxygens (including phenoxy) is 1. The molecule has 31 heavy (non-hydrogen) atoms. The quantitative estimate of drug-likeness (QED) is 0.220. The average molecular weight is 453 g/mol. The largest absolute Gasteiger partial charge is 0.493 e. The molecular weight excluding hydrogens is 432 g/mol. The van der Waals surface area contributed by atoms with E-state index in [1.165, 1.54) is 0 Å². The van der Waals surface area contributed by atoms with Crippen molar-refractivity contribution in [1.29, 1.82) is 0 Å². The van der Waals surface area contributed by atoms with Crippen LogP contribution in [0, 0.1) is 0 Å². The molecule has 3 aromatic carbocycles. The maximum absolute atomic E-state index is 10.8. The van der Waals surface area contributed by atoms with Gasteiger partial charge in [0.05, 0.1) is 24.3 Å². The van der Waals surface area contributed by atoms with Crippen LogP contribution in [0.5, 0.6) is 5.75 Å². The Hall–Kier alpha value is -2.89. The first kappa shape index (κ1) is 21.3. The van der Waals surface area contributed by atoms with Crippen molar-refractivity contribution in [3.63, 3.8) is 0 Å². The monoisotopic (exact) mass is 452 g/mol. The highest BCUT2D eigenvalue weighted by atomic mass is 35.5. The molecule has 0 radical (unpaired) electrons. The van der Waals surface area contributed by atoms with Gasteiger partial charge in [-0.25, -0.2) is 0 Å². The van der Waals surface area contributed by atoms with Crippen LogP contribution in [0.3, 0.4) is 0 Å². The van der Waals surface area contributed by atoms with Gasteiger partial charge in [0.25, 0.3) is 0 Å². The summed E-state index contributed by atoms with van der Waals surface area (Å²) in [6.07, 6.45) is 2.61. The summed E-state index contributed by atoms with van der Waals surface area (Å²) in [7, 11) is 0. The van der Waals surface area contributed by atoms with Gasteiger partial charge in [0, 0.05) is 27.7 Å². The van der Waals surface area contributed by atoms with Crippen molar-refractivity contribution in [2.75, 3.05) is 12.4 Å². The topological polar surface area (TPSA) is 59.7 Å². The molecule has 0 aliphatic heterocycles. The summed E-state index contributed by atoms with van der Waals surface area (Å²) in [6.45, 7) is 0.583. The number of benzene rings is 3. The number of carboxylic acids is 1. The molecule has 0 aliphatic rings. The zero-order valence-corrected chi connectivity index (χ0v) is 18.3. The number of furan rings is 1. The highest BCUT2D eigenvalue weighted by Crippen LogP contribution is 2.33. The first-order chi connectivity index (χ1) is 15.1. The van der Waals surface area contributed by atoms with Crippen molar-refractivity contribution >= 4 is 40.3 Å². The molecule has 4 rings (SSSR count). The van der Waals surface area contributed by atoms with Gasteiger partial charge in [0.15, 0.2) is 0 Å². The van der Waals surface area contributed by atoms with Gasteiger partial charge in [-0.05, 0) is 41.8 Å². The Morgan fingerprint density at radius 3 is 2.68 bits per heavy atom. The first-order valence-electron chi connectivity index (χ1n) is 9.92. The Morgan fingerprint density at radius 2 is 1.90 bits per heavy atom. The van der Waals surface area contributed by atoms with Gasteiger partial charge in [0.1, 0.15) is 11.3 Å². The molecule has 4 nitrogen and oxygen atoms in total. The van der Waals surface area contributed by atoms with Gasteiger partial charge in [-0.2, -0.15) is 0 Å². The van der Waals surface area contributed by atoms with E-state index in [-0.39, 0.29) is 6.42 Å². The number of carbonyl (C=O) groups is 1. The van der Waals surface area contributed by atoms with Crippen LogP contribution in [0.15, 0.2) is 82.3 Å². The summed E-state index contributed by atoms with van der Waals surface area (Å²) >= 11 is 7.90. The van der Waals surface area contributed by atoms with Crippen molar-refractivity contribution in [3.8, 4) is 16.9 Å². The Morgan fingerprint density at radius 1 is 1.06 bits per heavy atom. The van der Waals surface area contributed by atoms with Crippen molar-refractivity contribution in [2.45, 2.75) is 17.7 Å². The van der Waals surface area contributed by atoms with Crippen LogP contribution >= 0.6 is 23.4 Å². The van der Waals surface area contributed by atoms with E-state index in [0.717, 1.165) is 44.9 Å². The number of halogens is 1. The van der Waals surface area contributed by atoms with E-state index < -0.39 is 5.97 Å². The summed E-state index contributed by atoms with van der Waals surface area (Å²) in [6, 6.07) is 21.5. The standard InChI is InChI=1S/C25H21ClO4S/c26-22-13-17(14-25(27)28)7-10-24(22)31-12-4-11-29-19-8-9-20-21(16-30-23(20)15-19)18-5-2-1-3-6-18/h1-3,5-10,13,15-16H,4,11-12,14H2,(H,27,28). The van der Waals surface area contributed by atoms with Gasteiger partial charge in [-0.1, -0.05) is 48.0 Å².